The fraction of sp³-hybridized carbons (Fsp3) is 0.603. The number of quaternary nitrogens is 1. The first kappa shape index (κ1) is 68.4. The van der Waals surface area contributed by atoms with Gasteiger partial charge in [0.05, 0.1) is 39.9 Å². The Bertz CT molecular complexity index is 1670. The molecule has 0 heterocycles. The van der Waals surface area contributed by atoms with Gasteiger partial charge in [-0.05, 0) is 116 Å². The molecule has 9 heteroatoms. The second-order valence-corrected chi connectivity index (χ2v) is 20.9. The third-order valence-electron chi connectivity index (χ3n) is 11.5. The molecule has 0 aromatic heterocycles. The lowest BCUT2D eigenvalue weighted by molar-refractivity contribution is -0.870. The predicted octanol–water partition coefficient (Wildman–Crippen LogP) is 16.7. The van der Waals surface area contributed by atoms with E-state index < -0.39 is 26.6 Å². The lowest BCUT2D eigenvalue weighted by Crippen LogP contribution is -2.45. The van der Waals surface area contributed by atoms with Crippen LogP contribution in [-0.2, 0) is 18.4 Å². The summed E-state index contributed by atoms with van der Waals surface area (Å²) in [6.45, 7) is 4.46. The summed E-state index contributed by atoms with van der Waals surface area (Å²) in [7, 11) is 1.20. The highest BCUT2D eigenvalue weighted by Crippen LogP contribution is 2.38. The number of unbranched alkanes of at least 4 members (excludes halogenated alkanes) is 14. The number of aliphatic hydroxyl groups is 1. The fourth-order valence-corrected chi connectivity index (χ4v) is 7.84. The van der Waals surface area contributed by atoms with E-state index in [1.165, 1.54) is 51.4 Å². The summed E-state index contributed by atoms with van der Waals surface area (Å²) in [4.78, 5) is 25.5. The molecule has 0 aromatic rings. The molecule has 0 aliphatic rings. The maximum atomic E-state index is 12.9. The van der Waals surface area contributed by atoms with Gasteiger partial charge in [-0.2, -0.15) is 0 Å². The van der Waals surface area contributed by atoms with Gasteiger partial charge in [0.2, 0.25) is 5.91 Å². The van der Waals surface area contributed by atoms with Gasteiger partial charge in [0, 0.05) is 6.42 Å². The van der Waals surface area contributed by atoms with E-state index in [0.717, 1.165) is 122 Å². The van der Waals surface area contributed by atoms with Gasteiger partial charge in [0.15, 0.2) is 0 Å². The first-order valence-corrected chi connectivity index (χ1v) is 29.7. The summed E-state index contributed by atoms with van der Waals surface area (Å²) in [6, 6.07) is -0.932. The van der Waals surface area contributed by atoms with Crippen molar-refractivity contribution < 1.29 is 32.9 Å². The standard InChI is InChI=1S/C63H105N2O6P/c1-6-8-10-12-14-16-18-20-22-24-25-26-27-28-29-30-31-32-33-34-35-36-37-38-39-41-43-45-47-49-51-53-55-57-63(67)64-61(60-71-72(68,69)70-59-58-65(3,4)5)62(66)56-54-52-50-48-46-44-42-40-23-21-19-17-15-13-11-9-7-2/h8,10,14,16,20,22-23,25-26,28-29,31-32,34-35,37-38,40-41,43,46,48,54,56,61-62,66H,6-7,9,11-13,15,17-19,21,24,27,30,33,36,39,42,44-45,47,49-53,55,57-60H2,1-5H3,(H-,64,67,68,69)/b10-8-,16-14-,22-20-,26-25-,29-28-,32-31-,35-34-,38-37-,40-23+,43-41-,48-46+,56-54+. The molecule has 1 amide bonds. The van der Waals surface area contributed by atoms with Gasteiger partial charge in [-0.3, -0.25) is 9.36 Å². The van der Waals surface area contributed by atoms with E-state index in [4.69, 9.17) is 9.05 Å². The van der Waals surface area contributed by atoms with Crippen molar-refractivity contribution in [3.8, 4) is 0 Å². The molecule has 72 heavy (non-hydrogen) atoms. The predicted molar refractivity (Wildman–Crippen MR) is 311 cm³/mol. The van der Waals surface area contributed by atoms with Crippen LogP contribution < -0.4 is 10.2 Å². The van der Waals surface area contributed by atoms with Gasteiger partial charge in [0.25, 0.3) is 7.82 Å². The minimum absolute atomic E-state index is 0.0216. The highest BCUT2D eigenvalue weighted by Gasteiger charge is 2.23. The molecule has 0 saturated carbocycles. The number of aliphatic hydroxyl groups excluding tert-OH is 1. The van der Waals surface area contributed by atoms with E-state index in [-0.39, 0.29) is 12.5 Å². The van der Waals surface area contributed by atoms with Crippen LogP contribution in [0.5, 0.6) is 0 Å². The van der Waals surface area contributed by atoms with Crippen LogP contribution in [0.1, 0.15) is 194 Å². The van der Waals surface area contributed by atoms with Crippen LogP contribution in [0, 0.1) is 0 Å². The van der Waals surface area contributed by atoms with Crippen molar-refractivity contribution in [2.45, 2.75) is 206 Å². The van der Waals surface area contributed by atoms with Crippen LogP contribution in [0.25, 0.3) is 0 Å². The van der Waals surface area contributed by atoms with Crippen molar-refractivity contribution in [2.75, 3.05) is 40.9 Å². The molecule has 0 fully saturated rings. The zero-order valence-electron chi connectivity index (χ0n) is 46.3. The summed E-state index contributed by atoms with van der Waals surface area (Å²) in [5.74, 6) is -0.238. The summed E-state index contributed by atoms with van der Waals surface area (Å²) < 4.78 is 23.3. The van der Waals surface area contributed by atoms with Gasteiger partial charge in [-0.25, -0.2) is 0 Å². The Balaban J connectivity index is 4.35. The first-order chi connectivity index (χ1) is 35.0. The van der Waals surface area contributed by atoms with E-state index in [1.54, 1.807) is 6.08 Å². The van der Waals surface area contributed by atoms with Crippen LogP contribution >= 0.6 is 7.82 Å². The van der Waals surface area contributed by atoms with Crippen LogP contribution in [-0.4, -0.2) is 68.5 Å². The van der Waals surface area contributed by atoms with E-state index in [9.17, 15) is 19.4 Å². The summed E-state index contributed by atoms with van der Waals surface area (Å²) in [5.41, 5.74) is 0. The van der Waals surface area contributed by atoms with Gasteiger partial charge in [-0.15, -0.1) is 0 Å². The Hall–Kier alpha value is -3.62. The lowest BCUT2D eigenvalue weighted by Gasteiger charge is -2.29. The zero-order chi connectivity index (χ0) is 52.7. The molecular formula is C63H105N2O6P. The number of amides is 1. The quantitative estimate of drug-likeness (QED) is 0.0272. The molecule has 3 unspecified atom stereocenters. The average molecular weight is 1020 g/mol. The van der Waals surface area contributed by atoms with Gasteiger partial charge >= 0.3 is 0 Å². The molecule has 8 nitrogen and oxygen atoms in total. The molecule has 0 rings (SSSR count). The lowest BCUT2D eigenvalue weighted by atomic mass is 10.1. The largest absolute Gasteiger partial charge is 0.756 e. The average Bonchev–Trinajstić information content (AvgIpc) is 3.34. The number of nitrogens with zero attached hydrogens (tertiary/aromatic N) is 1. The van der Waals surface area contributed by atoms with Crippen LogP contribution in [0.4, 0.5) is 0 Å². The number of allylic oxidation sites excluding steroid dienone is 23. The minimum Gasteiger partial charge on any atom is -0.756 e. The van der Waals surface area contributed by atoms with Crippen LogP contribution in [0.15, 0.2) is 146 Å². The van der Waals surface area contributed by atoms with Crippen molar-refractivity contribution in [3.05, 3.63) is 146 Å². The number of phosphoric acid groups is 1. The second-order valence-electron chi connectivity index (χ2n) is 19.5. The molecule has 408 valence electrons. The Kier molecular flexibility index (Phi) is 49.6. The number of rotatable bonds is 49. The van der Waals surface area contributed by atoms with Crippen LogP contribution in [0.2, 0.25) is 0 Å². The number of carbonyl (C=O) groups excluding carboxylic acids is 1. The van der Waals surface area contributed by atoms with E-state index in [0.29, 0.717) is 17.4 Å². The highest BCUT2D eigenvalue weighted by atomic mass is 31.2. The number of hydrogen-bond donors (Lipinski definition) is 2. The van der Waals surface area contributed by atoms with Gasteiger partial charge < -0.3 is 28.8 Å². The molecular weight excluding hydrogens is 912 g/mol. The Labute approximate surface area is 442 Å². The monoisotopic (exact) mass is 1020 g/mol. The molecule has 0 spiro atoms. The normalized spacial score (nSPS) is 15.0. The van der Waals surface area contributed by atoms with E-state index in [1.807, 2.05) is 27.2 Å². The van der Waals surface area contributed by atoms with Crippen molar-refractivity contribution in [1.82, 2.24) is 5.32 Å². The SMILES string of the molecule is CC/C=C\C/C=C\C/C=C\C/C=C\C/C=C\C/C=C\C/C=C\C/C=C\C/C=C\CCCCCCCC(=O)NC(COP(=O)([O-])OCC[N+](C)(C)C)C(O)/C=C/CC/C=C/CC/C=C/CCCCCCCCC. The zero-order valence-corrected chi connectivity index (χ0v) is 47.2. The summed E-state index contributed by atoms with van der Waals surface area (Å²) >= 11 is 0. The molecule has 0 saturated heterocycles. The Morgan fingerprint density at radius 2 is 0.861 bits per heavy atom. The number of likely N-dealkylation sites (N-methyl/N-ethyl adjacent to an activating group) is 1. The number of nitrogens with one attached hydrogen (secondary N) is 1. The molecule has 0 radical (unpaired) electrons. The summed E-state index contributed by atoms with van der Waals surface area (Å²) in [6.07, 6.45) is 80.6. The molecule has 2 N–H and O–H groups in total. The third-order valence-corrected chi connectivity index (χ3v) is 12.5. The highest BCUT2D eigenvalue weighted by molar-refractivity contribution is 7.45. The van der Waals surface area contributed by atoms with Crippen molar-refractivity contribution >= 4 is 13.7 Å². The van der Waals surface area contributed by atoms with Crippen molar-refractivity contribution in [1.29, 1.82) is 0 Å². The second kappa shape index (κ2) is 52.3. The number of phosphoric ester groups is 1. The topological polar surface area (TPSA) is 108 Å². The fourth-order valence-electron chi connectivity index (χ4n) is 7.12. The molecule has 0 bridgehead atoms. The maximum Gasteiger partial charge on any atom is 0.268 e. The van der Waals surface area contributed by atoms with E-state index >= 15 is 0 Å². The molecule has 3 atom stereocenters. The maximum absolute atomic E-state index is 12.9. The van der Waals surface area contributed by atoms with Crippen molar-refractivity contribution in [3.63, 3.8) is 0 Å². The smallest absolute Gasteiger partial charge is 0.268 e. The Morgan fingerprint density at radius 3 is 1.29 bits per heavy atom. The van der Waals surface area contributed by atoms with Gasteiger partial charge in [-0.1, -0.05) is 217 Å². The molecule has 0 aliphatic carbocycles. The molecule has 0 aromatic carbocycles. The molecule has 0 aliphatic heterocycles. The van der Waals surface area contributed by atoms with E-state index in [2.05, 4.69) is 153 Å². The minimum atomic E-state index is -4.62. The Morgan fingerprint density at radius 1 is 0.500 bits per heavy atom. The first-order valence-electron chi connectivity index (χ1n) is 28.2. The van der Waals surface area contributed by atoms with Crippen LogP contribution in [0.3, 0.4) is 0 Å². The third kappa shape index (κ3) is 54.2. The number of hydrogen-bond acceptors (Lipinski definition) is 6. The van der Waals surface area contributed by atoms with Gasteiger partial charge in [0.1, 0.15) is 13.2 Å². The number of carbonyl (C=O) groups is 1. The van der Waals surface area contributed by atoms with Crippen molar-refractivity contribution in [2.24, 2.45) is 0 Å². The summed E-state index contributed by atoms with van der Waals surface area (Å²) in [5, 5.41) is 13.8.